The first-order valence-corrected chi connectivity index (χ1v) is 8.56. The highest BCUT2D eigenvalue weighted by molar-refractivity contribution is 6.30. The lowest BCUT2D eigenvalue weighted by atomic mass is 9.96. The highest BCUT2D eigenvalue weighted by Gasteiger charge is 2.23. The van der Waals surface area contributed by atoms with E-state index in [2.05, 4.69) is 0 Å². The third kappa shape index (κ3) is 3.48. The number of pyridine rings is 1. The van der Waals surface area contributed by atoms with Gasteiger partial charge in [0.25, 0.3) is 5.56 Å². The zero-order valence-corrected chi connectivity index (χ0v) is 15.9. The summed E-state index contributed by atoms with van der Waals surface area (Å²) in [5, 5.41) is 10.2. The molecule has 0 unspecified atom stereocenters. The molecular formula is C21H15ClN2O4. The normalized spacial score (nSPS) is 10.2. The van der Waals surface area contributed by atoms with Crippen LogP contribution in [0.4, 0.5) is 0 Å². The Bertz CT molecular complexity index is 1130. The van der Waals surface area contributed by atoms with Crippen LogP contribution in [-0.2, 0) is 4.74 Å². The third-order valence-corrected chi connectivity index (χ3v) is 4.46. The van der Waals surface area contributed by atoms with Crippen molar-refractivity contribution in [2.24, 2.45) is 0 Å². The van der Waals surface area contributed by atoms with Crippen LogP contribution < -0.4 is 10.3 Å². The third-order valence-electron chi connectivity index (χ3n) is 4.21. The maximum atomic E-state index is 13.0. The first-order chi connectivity index (χ1) is 13.5. The number of methoxy groups -OCH3 is 2. The SMILES string of the molecule is COC(=O)c1cn(-c2ccc(OC)cc2)c(=O)c(C#N)c1-c1ccc(Cl)cc1. The molecule has 0 saturated heterocycles. The van der Waals surface area contributed by atoms with E-state index in [0.717, 1.165) is 0 Å². The summed E-state index contributed by atoms with van der Waals surface area (Å²) in [4.78, 5) is 25.5. The smallest absolute Gasteiger partial charge is 0.340 e. The fourth-order valence-corrected chi connectivity index (χ4v) is 2.96. The Morgan fingerprint density at radius 2 is 1.71 bits per heavy atom. The van der Waals surface area contributed by atoms with Gasteiger partial charge in [0.2, 0.25) is 0 Å². The predicted octanol–water partition coefficient (Wildman–Crippen LogP) is 3.82. The van der Waals surface area contributed by atoms with E-state index < -0.39 is 11.5 Å². The standard InChI is InChI=1S/C21H15ClN2O4/c1-27-16-9-7-15(8-10-16)24-12-18(21(26)28-2)19(17(11-23)20(24)25)13-3-5-14(22)6-4-13/h3-10,12H,1-2H3. The van der Waals surface area contributed by atoms with Gasteiger partial charge >= 0.3 is 5.97 Å². The van der Waals surface area contributed by atoms with Gasteiger partial charge in [0.05, 0.1) is 19.8 Å². The van der Waals surface area contributed by atoms with Crippen molar-refractivity contribution in [3.05, 3.63) is 81.2 Å². The minimum atomic E-state index is -0.663. The van der Waals surface area contributed by atoms with Gasteiger partial charge in [-0.15, -0.1) is 0 Å². The van der Waals surface area contributed by atoms with Crippen LogP contribution >= 0.6 is 11.6 Å². The zero-order chi connectivity index (χ0) is 20.3. The topological polar surface area (TPSA) is 81.3 Å². The quantitative estimate of drug-likeness (QED) is 0.628. The molecule has 0 fully saturated rings. The van der Waals surface area contributed by atoms with Crippen molar-refractivity contribution >= 4 is 17.6 Å². The van der Waals surface area contributed by atoms with Crippen LogP contribution in [0.25, 0.3) is 16.8 Å². The molecule has 7 heteroatoms. The lowest BCUT2D eigenvalue weighted by molar-refractivity contribution is 0.0601. The molecule has 0 aliphatic heterocycles. The summed E-state index contributed by atoms with van der Waals surface area (Å²) in [5.74, 6) is -0.0491. The summed E-state index contributed by atoms with van der Waals surface area (Å²) in [6, 6.07) is 15.1. The van der Waals surface area contributed by atoms with E-state index in [9.17, 15) is 14.9 Å². The van der Waals surface area contributed by atoms with Crippen molar-refractivity contribution in [1.82, 2.24) is 4.57 Å². The molecule has 0 aliphatic carbocycles. The van der Waals surface area contributed by atoms with Gasteiger partial charge in [0.1, 0.15) is 17.4 Å². The highest BCUT2D eigenvalue weighted by atomic mass is 35.5. The largest absolute Gasteiger partial charge is 0.497 e. The Morgan fingerprint density at radius 3 is 2.25 bits per heavy atom. The molecule has 3 aromatic rings. The predicted molar refractivity (Wildman–Crippen MR) is 105 cm³/mol. The number of ether oxygens (including phenoxy) is 2. The van der Waals surface area contributed by atoms with Crippen LogP contribution in [0.5, 0.6) is 5.75 Å². The van der Waals surface area contributed by atoms with Crippen LogP contribution in [0.1, 0.15) is 15.9 Å². The number of carbonyl (C=O) groups excluding carboxylic acids is 1. The van der Waals surface area contributed by atoms with Crippen LogP contribution in [0, 0.1) is 11.3 Å². The van der Waals surface area contributed by atoms with Gasteiger partial charge in [-0.3, -0.25) is 9.36 Å². The fourth-order valence-electron chi connectivity index (χ4n) is 2.83. The number of rotatable bonds is 4. The average Bonchev–Trinajstić information content (AvgIpc) is 2.73. The molecular weight excluding hydrogens is 380 g/mol. The molecule has 0 radical (unpaired) electrons. The minimum absolute atomic E-state index is 0.0943. The number of benzene rings is 2. The van der Waals surface area contributed by atoms with Gasteiger partial charge in [-0.1, -0.05) is 23.7 Å². The lowest BCUT2D eigenvalue weighted by Crippen LogP contribution is -2.24. The first kappa shape index (κ1) is 19.2. The molecule has 0 atom stereocenters. The molecule has 0 saturated carbocycles. The Morgan fingerprint density at radius 1 is 1.07 bits per heavy atom. The second-order valence-corrected chi connectivity index (χ2v) is 6.21. The number of esters is 1. The summed E-state index contributed by atoms with van der Waals surface area (Å²) in [5.41, 5.74) is 0.583. The highest BCUT2D eigenvalue weighted by Crippen LogP contribution is 2.28. The second-order valence-electron chi connectivity index (χ2n) is 5.78. The Kier molecular flexibility index (Phi) is 5.48. The zero-order valence-electron chi connectivity index (χ0n) is 15.1. The van der Waals surface area contributed by atoms with Gasteiger partial charge in [-0.25, -0.2) is 4.79 Å². The number of hydrogen-bond donors (Lipinski definition) is 0. The molecule has 140 valence electrons. The molecule has 6 nitrogen and oxygen atoms in total. The first-order valence-electron chi connectivity index (χ1n) is 8.18. The van der Waals surface area contributed by atoms with Crippen LogP contribution in [0.15, 0.2) is 59.5 Å². The lowest BCUT2D eigenvalue weighted by Gasteiger charge is -2.14. The maximum Gasteiger partial charge on any atom is 0.340 e. The van der Waals surface area contributed by atoms with E-state index in [1.54, 1.807) is 48.5 Å². The molecule has 1 heterocycles. The molecule has 1 aromatic heterocycles. The molecule has 0 aliphatic rings. The Hall–Kier alpha value is -3.56. The van der Waals surface area contributed by atoms with Crippen LogP contribution in [-0.4, -0.2) is 24.8 Å². The van der Waals surface area contributed by atoms with E-state index in [4.69, 9.17) is 21.1 Å². The van der Waals surface area contributed by atoms with Crippen molar-refractivity contribution in [3.8, 4) is 28.6 Å². The number of nitriles is 1. The van der Waals surface area contributed by atoms with Crippen LogP contribution in [0.2, 0.25) is 5.02 Å². The van der Waals surface area contributed by atoms with Gasteiger partial charge in [0.15, 0.2) is 0 Å². The number of nitrogens with zero attached hydrogens (tertiary/aromatic N) is 2. The summed E-state index contributed by atoms with van der Waals surface area (Å²) in [7, 11) is 2.77. The summed E-state index contributed by atoms with van der Waals surface area (Å²) >= 11 is 5.93. The van der Waals surface area contributed by atoms with Crippen molar-refractivity contribution in [1.29, 1.82) is 5.26 Å². The summed E-state index contributed by atoms with van der Waals surface area (Å²) in [6.45, 7) is 0. The van der Waals surface area contributed by atoms with E-state index in [1.807, 2.05) is 6.07 Å². The number of carbonyl (C=O) groups is 1. The van der Waals surface area contributed by atoms with E-state index in [0.29, 0.717) is 22.0 Å². The molecule has 28 heavy (non-hydrogen) atoms. The maximum absolute atomic E-state index is 13.0. The van der Waals surface area contributed by atoms with Gasteiger partial charge in [0, 0.05) is 22.5 Å². The van der Waals surface area contributed by atoms with E-state index in [1.165, 1.54) is 25.0 Å². The van der Waals surface area contributed by atoms with Gasteiger partial charge in [-0.2, -0.15) is 5.26 Å². The summed E-state index contributed by atoms with van der Waals surface area (Å²) in [6.07, 6.45) is 1.38. The molecule has 3 rings (SSSR count). The van der Waals surface area contributed by atoms with Crippen LogP contribution in [0.3, 0.4) is 0 Å². The number of halogens is 1. The van der Waals surface area contributed by atoms with Crippen molar-refractivity contribution in [2.75, 3.05) is 14.2 Å². The van der Waals surface area contributed by atoms with Gasteiger partial charge in [-0.05, 0) is 42.0 Å². The summed E-state index contributed by atoms with van der Waals surface area (Å²) < 4.78 is 11.2. The van der Waals surface area contributed by atoms with Crippen molar-refractivity contribution in [2.45, 2.75) is 0 Å². The fraction of sp³-hybridized carbons (Fsp3) is 0.0952. The average molecular weight is 395 g/mol. The Balaban J connectivity index is 2.33. The van der Waals surface area contributed by atoms with E-state index in [-0.39, 0.29) is 16.7 Å². The second kappa shape index (κ2) is 7.99. The monoisotopic (exact) mass is 394 g/mol. The van der Waals surface area contributed by atoms with Crippen molar-refractivity contribution < 1.29 is 14.3 Å². The minimum Gasteiger partial charge on any atom is -0.497 e. The van der Waals surface area contributed by atoms with Crippen molar-refractivity contribution in [3.63, 3.8) is 0 Å². The molecule has 0 N–H and O–H groups in total. The Labute approximate surface area is 166 Å². The molecule has 0 spiro atoms. The molecule has 0 amide bonds. The van der Waals surface area contributed by atoms with Gasteiger partial charge < -0.3 is 9.47 Å². The molecule has 0 bridgehead atoms. The number of aromatic nitrogens is 1. The molecule has 2 aromatic carbocycles. The van der Waals surface area contributed by atoms with E-state index >= 15 is 0 Å². The number of hydrogen-bond acceptors (Lipinski definition) is 5.